The van der Waals surface area contributed by atoms with E-state index >= 15 is 0 Å². The summed E-state index contributed by atoms with van der Waals surface area (Å²) in [5.41, 5.74) is 1.27. The van der Waals surface area contributed by atoms with Crippen LogP contribution in [0.1, 0.15) is 18.4 Å². The van der Waals surface area contributed by atoms with Crippen molar-refractivity contribution in [1.82, 2.24) is 9.80 Å². The maximum absolute atomic E-state index is 10.6. The molecule has 0 N–H and O–H groups in total. The summed E-state index contributed by atoms with van der Waals surface area (Å²) >= 11 is 0. The number of nitro benzene ring substituents is 1. The van der Waals surface area contributed by atoms with Gasteiger partial charge in [0.05, 0.1) is 4.92 Å². The van der Waals surface area contributed by atoms with E-state index in [2.05, 4.69) is 4.99 Å². The Morgan fingerprint density at radius 1 is 1.10 bits per heavy atom. The van der Waals surface area contributed by atoms with Gasteiger partial charge in [-0.15, -0.1) is 0 Å². The lowest BCUT2D eigenvalue weighted by atomic mass is 10.1. The SMILES string of the molecule is CN(C)C(=NCCCCc1ccc([N+](=O)[O-])cc1)N(C)C. The standard InChI is InChI=1S/C15H24N4O2/c1-17(2)15(18(3)4)16-12-6-5-7-13-8-10-14(11-9-13)19(20)21/h8-11H,5-7,12H2,1-4H3. The second-order valence-corrected chi connectivity index (χ2v) is 5.35. The monoisotopic (exact) mass is 292 g/mol. The second-order valence-electron chi connectivity index (χ2n) is 5.35. The fraction of sp³-hybridized carbons (Fsp3) is 0.533. The smallest absolute Gasteiger partial charge is 0.269 e. The molecule has 0 spiro atoms. The van der Waals surface area contributed by atoms with E-state index < -0.39 is 0 Å². The van der Waals surface area contributed by atoms with Crippen molar-refractivity contribution in [2.75, 3.05) is 34.7 Å². The molecular formula is C15H24N4O2. The van der Waals surface area contributed by atoms with Gasteiger partial charge in [-0.1, -0.05) is 12.1 Å². The summed E-state index contributed by atoms with van der Waals surface area (Å²) in [4.78, 5) is 18.8. The molecule has 0 aliphatic carbocycles. The Balaban J connectivity index is 2.37. The largest absolute Gasteiger partial charge is 0.349 e. The zero-order chi connectivity index (χ0) is 15.8. The highest BCUT2D eigenvalue weighted by atomic mass is 16.6. The van der Waals surface area contributed by atoms with Crippen LogP contribution in [0, 0.1) is 10.1 Å². The zero-order valence-corrected chi connectivity index (χ0v) is 13.2. The molecule has 0 aliphatic heterocycles. The highest BCUT2D eigenvalue weighted by Crippen LogP contribution is 2.13. The number of rotatable bonds is 6. The third kappa shape index (κ3) is 5.81. The molecule has 1 rings (SSSR count). The first-order valence-corrected chi connectivity index (χ1v) is 7.04. The van der Waals surface area contributed by atoms with Gasteiger partial charge in [0.15, 0.2) is 5.96 Å². The van der Waals surface area contributed by atoms with Gasteiger partial charge in [0.1, 0.15) is 0 Å². The van der Waals surface area contributed by atoms with Crippen molar-refractivity contribution in [2.24, 2.45) is 4.99 Å². The first-order chi connectivity index (χ1) is 9.91. The Hall–Kier alpha value is -2.11. The molecule has 6 nitrogen and oxygen atoms in total. The van der Waals surface area contributed by atoms with Crippen molar-refractivity contribution in [2.45, 2.75) is 19.3 Å². The predicted molar refractivity (Wildman–Crippen MR) is 85.7 cm³/mol. The highest BCUT2D eigenvalue weighted by molar-refractivity contribution is 5.79. The first-order valence-electron chi connectivity index (χ1n) is 7.04. The van der Waals surface area contributed by atoms with Crippen molar-refractivity contribution in [3.8, 4) is 0 Å². The normalized spacial score (nSPS) is 10.1. The quantitative estimate of drug-likeness (QED) is 0.265. The Bertz CT molecular complexity index is 471. The van der Waals surface area contributed by atoms with Crippen LogP contribution in [0.3, 0.4) is 0 Å². The summed E-state index contributed by atoms with van der Waals surface area (Å²) in [6.45, 7) is 0.790. The molecule has 0 fully saturated rings. The van der Waals surface area contributed by atoms with Gasteiger partial charge in [-0.2, -0.15) is 0 Å². The van der Waals surface area contributed by atoms with Crippen LogP contribution in [-0.4, -0.2) is 55.4 Å². The molecule has 0 aliphatic rings. The van der Waals surface area contributed by atoms with Gasteiger partial charge in [0.25, 0.3) is 5.69 Å². The average Bonchev–Trinajstić information content (AvgIpc) is 2.42. The predicted octanol–water partition coefficient (Wildman–Crippen LogP) is 2.40. The van der Waals surface area contributed by atoms with Gasteiger partial charge >= 0.3 is 0 Å². The van der Waals surface area contributed by atoms with E-state index in [1.165, 1.54) is 0 Å². The molecule has 0 atom stereocenters. The number of hydrogen-bond donors (Lipinski definition) is 0. The lowest BCUT2D eigenvalue weighted by Gasteiger charge is -2.22. The maximum atomic E-state index is 10.6. The fourth-order valence-electron chi connectivity index (χ4n) is 2.09. The van der Waals surface area contributed by atoms with E-state index in [9.17, 15) is 10.1 Å². The van der Waals surface area contributed by atoms with Crippen LogP contribution in [0.5, 0.6) is 0 Å². The Labute approximate surface area is 126 Å². The van der Waals surface area contributed by atoms with Gasteiger partial charge in [0, 0.05) is 46.9 Å². The van der Waals surface area contributed by atoms with Gasteiger partial charge in [-0.25, -0.2) is 0 Å². The second kappa shape index (κ2) is 8.24. The Morgan fingerprint density at radius 3 is 2.14 bits per heavy atom. The number of guanidine groups is 1. The van der Waals surface area contributed by atoms with E-state index in [0.717, 1.165) is 37.3 Å². The summed E-state index contributed by atoms with van der Waals surface area (Å²) in [6.07, 6.45) is 2.95. The molecule has 0 bridgehead atoms. The Morgan fingerprint density at radius 2 is 1.67 bits per heavy atom. The minimum atomic E-state index is -0.373. The molecule has 1 aromatic rings. The molecular weight excluding hydrogens is 268 g/mol. The lowest BCUT2D eigenvalue weighted by molar-refractivity contribution is -0.384. The van der Waals surface area contributed by atoms with Gasteiger partial charge < -0.3 is 9.80 Å². The van der Waals surface area contributed by atoms with E-state index in [-0.39, 0.29) is 10.6 Å². The molecule has 6 heteroatoms. The first kappa shape index (κ1) is 16.9. The highest BCUT2D eigenvalue weighted by Gasteiger charge is 2.04. The van der Waals surface area contributed by atoms with Crippen molar-refractivity contribution in [1.29, 1.82) is 0 Å². The zero-order valence-electron chi connectivity index (χ0n) is 13.2. The molecule has 0 radical (unpaired) electrons. The third-order valence-electron chi connectivity index (χ3n) is 3.07. The van der Waals surface area contributed by atoms with Crippen LogP contribution in [0.15, 0.2) is 29.3 Å². The third-order valence-corrected chi connectivity index (χ3v) is 3.07. The summed E-state index contributed by atoms with van der Waals surface area (Å²) in [6, 6.07) is 6.77. The van der Waals surface area contributed by atoms with Crippen LogP contribution in [0.4, 0.5) is 5.69 Å². The number of benzene rings is 1. The molecule has 1 aromatic carbocycles. The molecule has 0 aromatic heterocycles. The summed E-state index contributed by atoms with van der Waals surface area (Å²) in [7, 11) is 7.93. The molecule has 21 heavy (non-hydrogen) atoms. The van der Waals surface area contributed by atoms with E-state index in [0.29, 0.717) is 0 Å². The molecule has 0 heterocycles. The number of unbranched alkanes of at least 4 members (excludes halogenated alkanes) is 1. The lowest BCUT2D eigenvalue weighted by Crippen LogP contribution is -2.35. The molecule has 0 unspecified atom stereocenters. The molecule has 116 valence electrons. The topological polar surface area (TPSA) is 62.0 Å². The van der Waals surface area contributed by atoms with Crippen LogP contribution < -0.4 is 0 Å². The molecule has 0 amide bonds. The van der Waals surface area contributed by atoms with E-state index in [1.54, 1.807) is 12.1 Å². The van der Waals surface area contributed by atoms with Crippen molar-refractivity contribution < 1.29 is 4.92 Å². The Kier molecular flexibility index (Phi) is 6.65. The maximum Gasteiger partial charge on any atom is 0.269 e. The number of hydrogen-bond acceptors (Lipinski definition) is 3. The van der Waals surface area contributed by atoms with Gasteiger partial charge in [0.2, 0.25) is 0 Å². The van der Waals surface area contributed by atoms with E-state index in [1.807, 2.05) is 50.1 Å². The van der Waals surface area contributed by atoms with Gasteiger partial charge in [-0.05, 0) is 24.8 Å². The minimum absolute atomic E-state index is 0.143. The number of aryl methyl sites for hydroxylation is 1. The number of nitrogens with zero attached hydrogens (tertiary/aromatic N) is 4. The number of nitro groups is 1. The fourth-order valence-corrected chi connectivity index (χ4v) is 2.09. The van der Waals surface area contributed by atoms with E-state index in [4.69, 9.17) is 0 Å². The van der Waals surface area contributed by atoms with Crippen LogP contribution in [0.2, 0.25) is 0 Å². The molecule has 0 saturated heterocycles. The average molecular weight is 292 g/mol. The molecule has 0 saturated carbocycles. The van der Waals surface area contributed by atoms with Crippen LogP contribution >= 0.6 is 0 Å². The summed E-state index contributed by atoms with van der Waals surface area (Å²) in [5, 5.41) is 10.6. The number of non-ortho nitro benzene ring substituents is 1. The minimum Gasteiger partial charge on any atom is -0.349 e. The van der Waals surface area contributed by atoms with Crippen molar-refractivity contribution >= 4 is 11.6 Å². The summed E-state index contributed by atoms with van der Waals surface area (Å²) in [5.74, 6) is 0.963. The van der Waals surface area contributed by atoms with Crippen molar-refractivity contribution in [3.63, 3.8) is 0 Å². The van der Waals surface area contributed by atoms with Gasteiger partial charge in [-0.3, -0.25) is 15.1 Å². The van der Waals surface area contributed by atoms with Crippen LogP contribution in [-0.2, 0) is 6.42 Å². The van der Waals surface area contributed by atoms with Crippen molar-refractivity contribution in [3.05, 3.63) is 39.9 Å². The number of aliphatic imine (C=N–C) groups is 1. The summed E-state index contributed by atoms with van der Waals surface area (Å²) < 4.78 is 0. The van der Waals surface area contributed by atoms with Crippen LogP contribution in [0.25, 0.3) is 0 Å².